The Bertz CT molecular complexity index is 3380. The van der Waals surface area contributed by atoms with Gasteiger partial charge in [0.25, 0.3) is 0 Å². The SMILES string of the molecule is CC(=O)Oc1ccc2ccccc2c1-c1c(O)c(C=N[C@H](c2ccccc2)[C@H](N=Cc2cc3ccccc3c(-c3c(OC(C)=O)ccc4ccccc34)c2O)c2ccccc2)cc2ccccc12. The molecule has 68 heavy (non-hydrogen) atoms. The first kappa shape index (κ1) is 43.0. The highest BCUT2D eigenvalue weighted by Gasteiger charge is 2.27. The molecule has 330 valence electrons. The van der Waals surface area contributed by atoms with Crippen molar-refractivity contribution in [3.05, 3.63) is 216 Å². The summed E-state index contributed by atoms with van der Waals surface area (Å²) in [7, 11) is 0. The van der Waals surface area contributed by atoms with Crippen molar-refractivity contribution in [1.29, 1.82) is 0 Å². The predicted octanol–water partition coefficient (Wildman–Crippen LogP) is 13.9. The Hall–Kier alpha value is -8.88. The molecule has 0 amide bonds. The number of aromatic hydroxyl groups is 2. The molecular formula is C60H44N2O6. The van der Waals surface area contributed by atoms with Crippen molar-refractivity contribution in [2.75, 3.05) is 0 Å². The van der Waals surface area contributed by atoms with Gasteiger partial charge in [0.2, 0.25) is 0 Å². The molecule has 0 fully saturated rings. The van der Waals surface area contributed by atoms with Gasteiger partial charge in [-0.25, -0.2) is 0 Å². The van der Waals surface area contributed by atoms with E-state index >= 15 is 0 Å². The molecule has 10 rings (SSSR count). The number of rotatable bonds is 11. The minimum atomic E-state index is -0.631. The van der Waals surface area contributed by atoms with Crippen LogP contribution in [-0.4, -0.2) is 34.6 Å². The highest BCUT2D eigenvalue weighted by atomic mass is 16.5. The fraction of sp³-hybridized carbons (Fsp3) is 0.0667. The van der Waals surface area contributed by atoms with Gasteiger partial charge in [-0.3, -0.25) is 19.6 Å². The van der Waals surface area contributed by atoms with E-state index in [1.165, 1.54) is 13.8 Å². The van der Waals surface area contributed by atoms with Crippen LogP contribution in [0.4, 0.5) is 0 Å². The minimum absolute atomic E-state index is 0.0287. The topological polar surface area (TPSA) is 118 Å². The van der Waals surface area contributed by atoms with Gasteiger partial charge in [0, 0.05) is 59.7 Å². The first-order chi connectivity index (χ1) is 33.2. The van der Waals surface area contributed by atoms with Crippen molar-refractivity contribution in [2.24, 2.45) is 9.98 Å². The van der Waals surface area contributed by atoms with Crippen molar-refractivity contribution >= 4 is 67.5 Å². The van der Waals surface area contributed by atoms with E-state index in [9.17, 15) is 19.8 Å². The first-order valence-electron chi connectivity index (χ1n) is 22.3. The lowest BCUT2D eigenvalue weighted by Gasteiger charge is -2.23. The van der Waals surface area contributed by atoms with Gasteiger partial charge in [-0.1, -0.05) is 170 Å². The molecule has 10 aromatic carbocycles. The number of carbonyl (C=O) groups excluding carboxylic acids is 2. The zero-order valence-corrected chi connectivity index (χ0v) is 37.2. The number of benzene rings is 10. The third kappa shape index (κ3) is 8.31. The molecule has 10 aromatic rings. The number of nitrogens with zero attached hydrogens (tertiary/aromatic N) is 2. The van der Waals surface area contributed by atoms with E-state index in [0.29, 0.717) is 44.9 Å². The fourth-order valence-electron chi connectivity index (χ4n) is 9.24. The largest absolute Gasteiger partial charge is 0.507 e. The molecule has 0 aromatic heterocycles. The van der Waals surface area contributed by atoms with Crippen molar-refractivity contribution in [2.45, 2.75) is 25.9 Å². The van der Waals surface area contributed by atoms with Crippen LogP contribution in [0.1, 0.15) is 48.2 Å². The monoisotopic (exact) mass is 888 g/mol. The first-order valence-corrected chi connectivity index (χ1v) is 22.3. The standard InChI is InChI=1S/C60H44N2O6/c1-37(63)67-51-31-29-39-17-9-13-25-47(39)53(51)55-49-27-15-11-23-43(49)33-45(59(55)65)35-61-57(41-19-5-3-6-20-41)58(42-21-7-4-8-22-42)62-36-46-34-44-24-12-16-28-50(44)56(60(46)66)54-48-26-14-10-18-40(48)30-32-52(54)68-38(2)64/h3-36,57-58,65-66H,1-2H3/t57-,58-/m1/s1. The number of carbonyl (C=O) groups is 2. The molecule has 0 spiro atoms. The third-order valence-corrected chi connectivity index (χ3v) is 12.2. The third-order valence-electron chi connectivity index (χ3n) is 12.2. The predicted molar refractivity (Wildman–Crippen MR) is 273 cm³/mol. The van der Waals surface area contributed by atoms with E-state index in [1.54, 1.807) is 24.6 Å². The molecule has 2 atom stereocenters. The van der Waals surface area contributed by atoms with Crippen LogP contribution >= 0.6 is 0 Å². The Balaban J connectivity index is 1.15. The maximum Gasteiger partial charge on any atom is 0.308 e. The van der Waals surface area contributed by atoms with Gasteiger partial charge in [-0.2, -0.15) is 0 Å². The number of hydrogen-bond donors (Lipinski definition) is 2. The fourth-order valence-corrected chi connectivity index (χ4v) is 9.24. The maximum absolute atomic E-state index is 12.5. The molecule has 2 N–H and O–H groups in total. The summed E-state index contributed by atoms with van der Waals surface area (Å²) < 4.78 is 11.6. The van der Waals surface area contributed by atoms with E-state index in [4.69, 9.17) is 19.5 Å². The summed E-state index contributed by atoms with van der Waals surface area (Å²) in [6.45, 7) is 2.73. The number of phenolic OH excluding ortho intramolecular Hbond substituents is 2. The van der Waals surface area contributed by atoms with Crippen LogP contribution < -0.4 is 9.47 Å². The second kappa shape index (κ2) is 18.5. The number of aliphatic imine (C=N–C) groups is 2. The summed E-state index contributed by atoms with van der Waals surface area (Å²) in [4.78, 5) is 35.6. The average molecular weight is 889 g/mol. The molecule has 0 saturated heterocycles. The summed E-state index contributed by atoms with van der Waals surface area (Å²) in [5, 5.41) is 31.7. The lowest BCUT2D eigenvalue weighted by molar-refractivity contribution is -0.132. The van der Waals surface area contributed by atoms with Crippen molar-refractivity contribution < 1.29 is 29.3 Å². The molecular weight excluding hydrogens is 845 g/mol. The van der Waals surface area contributed by atoms with Crippen molar-refractivity contribution in [3.8, 4) is 45.3 Å². The molecule has 0 radical (unpaired) electrons. The van der Waals surface area contributed by atoms with Gasteiger partial charge in [0.05, 0.1) is 0 Å². The van der Waals surface area contributed by atoms with Crippen LogP contribution in [0, 0.1) is 0 Å². The molecule has 8 heteroatoms. The van der Waals surface area contributed by atoms with E-state index in [2.05, 4.69) is 0 Å². The zero-order chi connectivity index (χ0) is 46.7. The lowest BCUT2D eigenvalue weighted by Crippen LogP contribution is -2.09. The summed E-state index contributed by atoms with van der Waals surface area (Å²) in [5.74, 6) is -0.355. The number of fused-ring (bicyclic) bond motifs is 4. The Morgan fingerprint density at radius 1 is 0.412 bits per heavy atom. The summed E-state index contributed by atoms with van der Waals surface area (Å²) in [5.41, 5.74) is 4.84. The number of esters is 2. The van der Waals surface area contributed by atoms with Crippen LogP contribution in [-0.2, 0) is 9.59 Å². The Morgan fingerprint density at radius 3 is 1.10 bits per heavy atom. The number of phenols is 2. The summed E-state index contributed by atoms with van der Waals surface area (Å²) in [6, 6.07) is 60.8. The van der Waals surface area contributed by atoms with Crippen molar-refractivity contribution in [1.82, 2.24) is 0 Å². The van der Waals surface area contributed by atoms with Gasteiger partial charge in [0.15, 0.2) is 0 Å². The second-order valence-corrected chi connectivity index (χ2v) is 16.6. The van der Waals surface area contributed by atoms with E-state index in [-0.39, 0.29) is 11.5 Å². The van der Waals surface area contributed by atoms with Crippen LogP contribution in [0.5, 0.6) is 23.0 Å². The van der Waals surface area contributed by atoms with Gasteiger partial charge in [-0.05, 0) is 78.5 Å². The maximum atomic E-state index is 12.5. The number of hydrogen-bond acceptors (Lipinski definition) is 8. The quantitative estimate of drug-likeness (QED) is 0.0759. The smallest absolute Gasteiger partial charge is 0.308 e. The minimum Gasteiger partial charge on any atom is -0.507 e. The zero-order valence-electron chi connectivity index (χ0n) is 37.2. The van der Waals surface area contributed by atoms with Crippen LogP contribution in [0.15, 0.2) is 204 Å². The molecule has 8 nitrogen and oxygen atoms in total. The summed E-state index contributed by atoms with van der Waals surface area (Å²) in [6.07, 6.45) is 3.38. The number of ether oxygens (including phenoxy) is 2. The van der Waals surface area contributed by atoms with E-state index in [0.717, 1.165) is 54.2 Å². The molecule has 0 aliphatic rings. The highest BCUT2D eigenvalue weighted by molar-refractivity contribution is 6.14. The second-order valence-electron chi connectivity index (χ2n) is 16.6. The van der Waals surface area contributed by atoms with Crippen molar-refractivity contribution in [3.63, 3.8) is 0 Å². The van der Waals surface area contributed by atoms with E-state index < -0.39 is 24.0 Å². The highest BCUT2D eigenvalue weighted by Crippen LogP contribution is 2.49. The molecule has 0 heterocycles. The Kier molecular flexibility index (Phi) is 11.7. The molecule has 0 aliphatic heterocycles. The van der Waals surface area contributed by atoms with Gasteiger partial charge < -0.3 is 19.7 Å². The van der Waals surface area contributed by atoms with Gasteiger partial charge >= 0.3 is 11.9 Å². The Morgan fingerprint density at radius 2 is 0.735 bits per heavy atom. The lowest BCUT2D eigenvalue weighted by atomic mass is 9.90. The van der Waals surface area contributed by atoms with E-state index in [1.807, 2.05) is 182 Å². The van der Waals surface area contributed by atoms with Crippen LogP contribution in [0.2, 0.25) is 0 Å². The Labute approximate surface area is 392 Å². The van der Waals surface area contributed by atoms with Crippen LogP contribution in [0.3, 0.4) is 0 Å². The molecule has 0 bridgehead atoms. The van der Waals surface area contributed by atoms with Gasteiger partial charge in [0.1, 0.15) is 35.1 Å². The average Bonchev–Trinajstić information content (AvgIpc) is 3.36. The normalized spacial score (nSPS) is 12.6. The summed E-state index contributed by atoms with van der Waals surface area (Å²) >= 11 is 0. The molecule has 0 unspecified atom stereocenters. The van der Waals surface area contributed by atoms with Crippen LogP contribution in [0.25, 0.3) is 65.3 Å². The van der Waals surface area contributed by atoms with Gasteiger partial charge in [-0.15, -0.1) is 0 Å². The molecule has 0 aliphatic carbocycles. The molecule has 0 saturated carbocycles.